The summed E-state index contributed by atoms with van der Waals surface area (Å²) in [5.41, 5.74) is 2.93. The zero-order valence-corrected chi connectivity index (χ0v) is 19.0. The Balaban J connectivity index is 1.78. The first-order chi connectivity index (χ1) is 14.3. The number of anilines is 2. The highest BCUT2D eigenvalue weighted by Gasteiger charge is 2.23. The molecule has 1 fully saturated rings. The normalized spacial score (nSPS) is 16.8. The molecule has 1 atom stereocenters. The van der Waals surface area contributed by atoms with E-state index in [1.54, 1.807) is 32.9 Å². The number of carbonyl (C=O) groups is 1. The standard InChI is InChI=1S/C23H31N3O3S/c1-5-26(6-2)30(28,29)21-12-7-18(4)22(15-21)23(27)24-19-8-10-20(11-9-19)25-14-13-17(3)16-25/h7-12,15,17H,5-6,13-14,16H2,1-4H3,(H,24,27). The van der Waals surface area contributed by atoms with Crippen LogP contribution in [0.1, 0.15) is 43.1 Å². The molecule has 6 nitrogen and oxygen atoms in total. The second-order valence-corrected chi connectivity index (χ2v) is 9.84. The number of nitrogens with zero attached hydrogens (tertiary/aromatic N) is 2. The number of benzene rings is 2. The van der Waals surface area contributed by atoms with Crippen LogP contribution in [0.5, 0.6) is 0 Å². The van der Waals surface area contributed by atoms with Crippen molar-refractivity contribution >= 4 is 27.3 Å². The summed E-state index contributed by atoms with van der Waals surface area (Å²) in [7, 11) is -3.62. The van der Waals surface area contributed by atoms with Crippen molar-refractivity contribution in [3.63, 3.8) is 0 Å². The molecule has 0 aliphatic carbocycles. The molecule has 1 aliphatic rings. The summed E-state index contributed by atoms with van der Waals surface area (Å²) in [6, 6.07) is 12.5. The van der Waals surface area contributed by atoms with E-state index in [0.717, 1.165) is 24.3 Å². The van der Waals surface area contributed by atoms with Gasteiger partial charge in [-0.1, -0.05) is 26.8 Å². The molecular weight excluding hydrogens is 398 g/mol. The summed E-state index contributed by atoms with van der Waals surface area (Å²) in [6.07, 6.45) is 1.20. The molecule has 0 aromatic heterocycles. The van der Waals surface area contributed by atoms with Crippen LogP contribution in [-0.4, -0.2) is 44.8 Å². The monoisotopic (exact) mass is 429 g/mol. The predicted octanol–water partition coefficient (Wildman–Crippen LogP) is 4.12. The lowest BCUT2D eigenvalue weighted by Gasteiger charge is -2.19. The van der Waals surface area contributed by atoms with Crippen molar-refractivity contribution in [2.45, 2.75) is 39.0 Å². The largest absolute Gasteiger partial charge is 0.371 e. The van der Waals surface area contributed by atoms with Crippen molar-refractivity contribution in [2.75, 3.05) is 36.4 Å². The number of sulfonamides is 1. The quantitative estimate of drug-likeness (QED) is 0.719. The highest BCUT2D eigenvalue weighted by Crippen LogP contribution is 2.25. The van der Waals surface area contributed by atoms with E-state index in [-0.39, 0.29) is 10.8 Å². The van der Waals surface area contributed by atoms with Crippen LogP contribution in [0.4, 0.5) is 11.4 Å². The molecule has 1 unspecified atom stereocenters. The van der Waals surface area contributed by atoms with Crippen LogP contribution in [0.3, 0.4) is 0 Å². The number of hydrogen-bond acceptors (Lipinski definition) is 4. The second kappa shape index (κ2) is 9.18. The lowest BCUT2D eigenvalue weighted by molar-refractivity contribution is 0.102. The van der Waals surface area contributed by atoms with Crippen molar-refractivity contribution in [3.05, 3.63) is 53.6 Å². The molecule has 1 amide bonds. The fraction of sp³-hybridized carbons (Fsp3) is 0.435. The van der Waals surface area contributed by atoms with E-state index in [0.29, 0.717) is 30.3 Å². The average Bonchev–Trinajstić information content (AvgIpc) is 3.15. The Kier molecular flexibility index (Phi) is 6.83. The molecule has 1 saturated heterocycles. The van der Waals surface area contributed by atoms with Crippen LogP contribution in [0.2, 0.25) is 0 Å². The van der Waals surface area contributed by atoms with Gasteiger partial charge in [-0.2, -0.15) is 4.31 Å². The van der Waals surface area contributed by atoms with E-state index in [1.165, 1.54) is 16.8 Å². The van der Waals surface area contributed by atoms with Gasteiger partial charge in [0.05, 0.1) is 4.90 Å². The summed E-state index contributed by atoms with van der Waals surface area (Å²) in [5.74, 6) is 0.388. The van der Waals surface area contributed by atoms with Crippen LogP contribution in [0, 0.1) is 12.8 Å². The highest BCUT2D eigenvalue weighted by molar-refractivity contribution is 7.89. The first kappa shape index (κ1) is 22.3. The predicted molar refractivity (Wildman–Crippen MR) is 122 cm³/mol. The lowest BCUT2D eigenvalue weighted by atomic mass is 10.1. The van der Waals surface area contributed by atoms with Crippen LogP contribution in [-0.2, 0) is 10.0 Å². The molecule has 0 saturated carbocycles. The zero-order chi connectivity index (χ0) is 21.9. The number of aryl methyl sites for hydroxylation is 1. The molecule has 3 rings (SSSR count). The van der Waals surface area contributed by atoms with Gasteiger partial charge in [-0.05, 0) is 61.2 Å². The van der Waals surface area contributed by atoms with Gasteiger partial charge in [0.15, 0.2) is 0 Å². The van der Waals surface area contributed by atoms with E-state index in [1.807, 2.05) is 24.3 Å². The van der Waals surface area contributed by atoms with Gasteiger partial charge in [-0.25, -0.2) is 8.42 Å². The van der Waals surface area contributed by atoms with Gasteiger partial charge < -0.3 is 10.2 Å². The van der Waals surface area contributed by atoms with Gasteiger partial charge in [-0.3, -0.25) is 4.79 Å². The summed E-state index contributed by atoms with van der Waals surface area (Å²) >= 11 is 0. The third-order valence-electron chi connectivity index (χ3n) is 5.71. The molecule has 162 valence electrons. The number of hydrogen-bond donors (Lipinski definition) is 1. The van der Waals surface area contributed by atoms with Gasteiger partial charge in [0, 0.05) is 43.1 Å². The lowest BCUT2D eigenvalue weighted by Crippen LogP contribution is -2.30. The van der Waals surface area contributed by atoms with E-state index in [2.05, 4.69) is 17.1 Å². The minimum absolute atomic E-state index is 0.139. The molecule has 30 heavy (non-hydrogen) atoms. The van der Waals surface area contributed by atoms with Crippen molar-refractivity contribution in [1.29, 1.82) is 0 Å². The molecular formula is C23H31N3O3S. The Morgan fingerprint density at radius 2 is 1.80 bits per heavy atom. The maximum absolute atomic E-state index is 12.9. The summed E-state index contributed by atoms with van der Waals surface area (Å²) < 4.78 is 27.0. The van der Waals surface area contributed by atoms with Gasteiger partial charge in [0.1, 0.15) is 0 Å². The van der Waals surface area contributed by atoms with E-state index >= 15 is 0 Å². The van der Waals surface area contributed by atoms with Crippen LogP contribution in [0.15, 0.2) is 47.4 Å². The molecule has 0 radical (unpaired) electrons. The fourth-order valence-corrected chi connectivity index (χ4v) is 5.33. The maximum atomic E-state index is 12.9. The van der Waals surface area contributed by atoms with Crippen LogP contribution < -0.4 is 10.2 Å². The SMILES string of the molecule is CCN(CC)S(=O)(=O)c1ccc(C)c(C(=O)Nc2ccc(N3CCC(C)C3)cc2)c1. The summed E-state index contributed by atoms with van der Waals surface area (Å²) in [4.78, 5) is 15.4. The topological polar surface area (TPSA) is 69.7 Å². The zero-order valence-electron chi connectivity index (χ0n) is 18.2. The Morgan fingerprint density at radius 1 is 1.13 bits per heavy atom. The fourth-order valence-electron chi connectivity index (χ4n) is 3.84. The smallest absolute Gasteiger partial charge is 0.255 e. The molecule has 1 N–H and O–H groups in total. The van der Waals surface area contributed by atoms with Crippen molar-refractivity contribution in [1.82, 2.24) is 4.31 Å². The number of nitrogens with one attached hydrogen (secondary N) is 1. The number of amides is 1. The third-order valence-corrected chi connectivity index (χ3v) is 7.76. The summed E-state index contributed by atoms with van der Waals surface area (Å²) in [5, 5.41) is 2.90. The maximum Gasteiger partial charge on any atom is 0.255 e. The van der Waals surface area contributed by atoms with Gasteiger partial charge in [0.25, 0.3) is 5.91 Å². The van der Waals surface area contributed by atoms with Crippen molar-refractivity contribution in [2.24, 2.45) is 5.92 Å². The molecule has 0 bridgehead atoms. The van der Waals surface area contributed by atoms with Gasteiger partial charge >= 0.3 is 0 Å². The van der Waals surface area contributed by atoms with E-state index in [9.17, 15) is 13.2 Å². The minimum Gasteiger partial charge on any atom is -0.371 e. The summed E-state index contributed by atoms with van der Waals surface area (Å²) in [6.45, 7) is 10.5. The highest BCUT2D eigenvalue weighted by atomic mass is 32.2. The minimum atomic E-state index is -3.62. The van der Waals surface area contributed by atoms with Crippen molar-refractivity contribution < 1.29 is 13.2 Å². The molecule has 7 heteroatoms. The van der Waals surface area contributed by atoms with E-state index < -0.39 is 10.0 Å². The Morgan fingerprint density at radius 3 is 2.37 bits per heavy atom. The molecule has 2 aromatic carbocycles. The average molecular weight is 430 g/mol. The second-order valence-electron chi connectivity index (χ2n) is 7.91. The molecule has 1 heterocycles. The molecule has 2 aromatic rings. The first-order valence-corrected chi connectivity index (χ1v) is 12.0. The third kappa shape index (κ3) is 4.68. The van der Waals surface area contributed by atoms with Crippen molar-refractivity contribution in [3.8, 4) is 0 Å². The van der Waals surface area contributed by atoms with Gasteiger partial charge in [-0.15, -0.1) is 0 Å². The molecule has 0 spiro atoms. The number of rotatable bonds is 7. The van der Waals surface area contributed by atoms with Crippen LogP contribution in [0.25, 0.3) is 0 Å². The Labute approximate surface area is 179 Å². The first-order valence-electron chi connectivity index (χ1n) is 10.5. The Hall–Kier alpha value is -2.38. The number of carbonyl (C=O) groups excluding carboxylic acids is 1. The van der Waals surface area contributed by atoms with Gasteiger partial charge in [0.2, 0.25) is 10.0 Å². The van der Waals surface area contributed by atoms with Crippen LogP contribution >= 0.6 is 0 Å². The Bertz CT molecular complexity index is 999. The van der Waals surface area contributed by atoms with E-state index in [4.69, 9.17) is 0 Å². The molecule has 1 aliphatic heterocycles.